The predicted octanol–water partition coefficient (Wildman–Crippen LogP) is 7.32. The number of benzene rings is 5. The van der Waals surface area contributed by atoms with Gasteiger partial charge in [0.25, 0.3) is 0 Å². The van der Waals surface area contributed by atoms with Gasteiger partial charge in [0, 0.05) is 0 Å². The Morgan fingerprint density at radius 3 is 1.28 bits per heavy atom. The van der Waals surface area contributed by atoms with Crippen molar-refractivity contribution in [3.05, 3.63) is 179 Å². The molecule has 2 saturated heterocycles. The lowest BCUT2D eigenvalue weighted by Gasteiger charge is -2.47. The van der Waals surface area contributed by atoms with Gasteiger partial charge < -0.3 is 52.8 Å². The molecule has 0 aliphatic carbocycles. The average molecular weight is 877 g/mol. The van der Waals surface area contributed by atoms with Crippen molar-refractivity contribution in [3.8, 4) is 0 Å². The van der Waals surface area contributed by atoms with Crippen LogP contribution in [0.25, 0.3) is 0 Å². The van der Waals surface area contributed by atoms with Gasteiger partial charge in [-0.2, -0.15) is 0 Å². The highest BCUT2D eigenvalue weighted by atomic mass is 16.7. The van der Waals surface area contributed by atoms with Gasteiger partial charge in [-0.15, -0.1) is 0 Å². The van der Waals surface area contributed by atoms with Crippen molar-refractivity contribution in [2.45, 2.75) is 115 Å². The van der Waals surface area contributed by atoms with Gasteiger partial charge in [-0.25, -0.2) is 0 Å². The van der Waals surface area contributed by atoms with Crippen molar-refractivity contribution < 1.29 is 57.6 Å². The summed E-state index contributed by atoms with van der Waals surface area (Å²) in [5, 5.41) is 22.5. The lowest BCUT2D eigenvalue weighted by atomic mass is 9.95. The van der Waals surface area contributed by atoms with Crippen LogP contribution >= 0.6 is 0 Å². The third kappa shape index (κ3) is 13.4. The van der Waals surface area contributed by atoms with E-state index >= 15 is 0 Å². The molecule has 0 spiro atoms. The Balaban J connectivity index is 1.20. The molecule has 340 valence electrons. The minimum atomic E-state index is -1.63. The first-order valence-corrected chi connectivity index (χ1v) is 21.9. The fourth-order valence-corrected chi connectivity index (χ4v) is 7.52. The molecule has 10 atom stereocenters. The minimum absolute atomic E-state index is 0.0718. The number of aliphatic hydroxyl groups is 2. The molecule has 2 aliphatic heterocycles. The molecule has 2 N–H and O–H groups in total. The third-order valence-electron chi connectivity index (χ3n) is 11.0. The maximum absolute atomic E-state index is 13.9. The number of hydrogen-bond acceptors (Lipinski definition) is 12. The highest BCUT2D eigenvalue weighted by Gasteiger charge is 2.53. The van der Waals surface area contributed by atoms with Crippen LogP contribution in [-0.2, 0) is 80.5 Å². The van der Waals surface area contributed by atoms with E-state index in [-0.39, 0.29) is 39.6 Å². The van der Waals surface area contributed by atoms with Crippen LogP contribution in [0.4, 0.5) is 0 Å². The monoisotopic (exact) mass is 876 g/mol. The Kier molecular flexibility index (Phi) is 17.2. The van der Waals surface area contributed by atoms with Crippen LogP contribution in [0.1, 0.15) is 48.6 Å². The van der Waals surface area contributed by atoms with Crippen LogP contribution < -0.4 is 0 Å². The van der Waals surface area contributed by atoms with Crippen molar-refractivity contribution in [2.24, 2.45) is 5.41 Å². The molecule has 12 nitrogen and oxygen atoms in total. The van der Waals surface area contributed by atoms with Gasteiger partial charge in [-0.05, 0) is 48.6 Å². The molecule has 12 heteroatoms. The number of carbonyl (C=O) groups is 1. The summed E-state index contributed by atoms with van der Waals surface area (Å²) in [5.74, 6) is -0.505. The highest BCUT2D eigenvalue weighted by molar-refractivity contribution is 5.75. The normalized spacial score (nSPS) is 26.0. The van der Waals surface area contributed by atoms with E-state index in [2.05, 4.69) is 0 Å². The molecule has 4 unspecified atom stereocenters. The molecule has 5 aromatic carbocycles. The Labute approximate surface area is 375 Å². The summed E-state index contributed by atoms with van der Waals surface area (Å²) >= 11 is 0. The van der Waals surface area contributed by atoms with Gasteiger partial charge in [0.1, 0.15) is 42.7 Å². The summed E-state index contributed by atoms with van der Waals surface area (Å²) in [5.41, 5.74) is 3.65. The van der Waals surface area contributed by atoms with Crippen LogP contribution in [0, 0.1) is 5.41 Å². The number of aliphatic hydroxyl groups excluding tert-OH is 2. The first-order chi connectivity index (χ1) is 31.1. The van der Waals surface area contributed by atoms with Gasteiger partial charge in [0.15, 0.2) is 18.7 Å². The summed E-state index contributed by atoms with van der Waals surface area (Å²) in [6, 6.07) is 48.4. The third-order valence-corrected chi connectivity index (χ3v) is 11.0. The van der Waals surface area contributed by atoms with E-state index in [0.29, 0.717) is 6.61 Å². The maximum Gasteiger partial charge on any atom is 0.311 e. The van der Waals surface area contributed by atoms with Crippen LogP contribution in [-0.4, -0.2) is 90.8 Å². The van der Waals surface area contributed by atoms with Crippen LogP contribution in [0.3, 0.4) is 0 Å². The van der Waals surface area contributed by atoms with E-state index in [0.717, 1.165) is 27.8 Å². The standard InChI is InChI=1S/C52H60O12/c1-52(2,3)51(55)64-48-47(60-33-40-27-17-8-18-28-40)45(58-31-38-23-13-6-14-24-38)41(34-56-29-36-19-9-4-10-20-36)63-50(48)61-35-42-44(57-30-37-21-11-5-12-22-37)46(43(53)49(54)62-42)59-32-39-25-15-7-16-26-39/h4-28,41-50,53-54H,29-35H2,1-3H3/t41?,42?,43?,44-,45+,46-,47+,48?,49-,50-/m1/s1. The van der Waals surface area contributed by atoms with Crippen molar-refractivity contribution in [1.82, 2.24) is 0 Å². The van der Waals surface area contributed by atoms with E-state index in [4.69, 9.17) is 42.6 Å². The summed E-state index contributed by atoms with van der Waals surface area (Å²) in [7, 11) is 0. The fourth-order valence-electron chi connectivity index (χ4n) is 7.52. The number of ether oxygens (including phenoxy) is 9. The molecule has 0 amide bonds. The Morgan fingerprint density at radius 2 is 0.844 bits per heavy atom. The summed E-state index contributed by atoms with van der Waals surface area (Å²) in [6.07, 6.45) is -11.0. The van der Waals surface area contributed by atoms with Gasteiger partial charge in [0.2, 0.25) is 0 Å². The number of esters is 1. The molecule has 0 radical (unpaired) electrons. The topological polar surface area (TPSA) is 141 Å². The number of rotatable bonds is 20. The molecule has 0 bridgehead atoms. The zero-order valence-electron chi connectivity index (χ0n) is 36.6. The molecule has 7 rings (SSSR count). The SMILES string of the molecule is CC(C)(C)C(=O)OC1[C@H](OCC2O[C@@H](O)C(O)[C@@H](OCc3ccccc3)[C@@H]2OCc2ccccc2)OC(COCc2ccccc2)[C@H](OCc2ccccc2)[C@@H]1OCc1ccccc1. The van der Waals surface area contributed by atoms with Gasteiger partial charge >= 0.3 is 5.97 Å². The van der Waals surface area contributed by atoms with Crippen LogP contribution in [0.5, 0.6) is 0 Å². The smallest absolute Gasteiger partial charge is 0.311 e. The van der Waals surface area contributed by atoms with E-state index in [1.165, 1.54) is 0 Å². The van der Waals surface area contributed by atoms with Crippen molar-refractivity contribution >= 4 is 5.97 Å². The lowest BCUT2D eigenvalue weighted by molar-refractivity contribution is -0.342. The van der Waals surface area contributed by atoms with Crippen LogP contribution in [0.2, 0.25) is 0 Å². The first-order valence-electron chi connectivity index (χ1n) is 21.9. The van der Waals surface area contributed by atoms with E-state index < -0.39 is 72.8 Å². The van der Waals surface area contributed by atoms with Crippen molar-refractivity contribution in [2.75, 3.05) is 13.2 Å². The molecule has 0 saturated carbocycles. The zero-order chi connectivity index (χ0) is 44.7. The predicted molar refractivity (Wildman–Crippen MR) is 237 cm³/mol. The largest absolute Gasteiger partial charge is 0.454 e. The zero-order valence-corrected chi connectivity index (χ0v) is 36.6. The quantitative estimate of drug-likeness (QED) is 0.0758. The second kappa shape index (κ2) is 23.4. The van der Waals surface area contributed by atoms with Crippen molar-refractivity contribution in [3.63, 3.8) is 0 Å². The molecule has 5 aromatic rings. The first kappa shape index (κ1) is 47.1. The second-order valence-corrected chi connectivity index (χ2v) is 17.1. The average Bonchev–Trinajstić information content (AvgIpc) is 3.31. The molecular weight excluding hydrogens is 817 g/mol. The maximum atomic E-state index is 13.9. The van der Waals surface area contributed by atoms with E-state index in [1.54, 1.807) is 20.8 Å². The molecule has 2 aliphatic rings. The summed E-state index contributed by atoms with van der Waals surface area (Å²) in [4.78, 5) is 13.9. The Morgan fingerprint density at radius 1 is 0.469 bits per heavy atom. The highest BCUT2D eigenvalue weighted by Crippen LogP contribution is 2.34. The number of carbonyl (C=O) groups excluding carboxylic acids is 1. The number of hydrogen-bond donors (Lipinski definition) is 2. The fraction of sp³-hybridized carbons (Fsp3) is 0.404. The molecule has 64 heavy (non-hydrogen) atoms. The molecule has 0 aromatic heterocycles. The summed E-state index contributed by atoms with van der Waals surface area (Å²) < 4.78 is 58.5. The van der Waals surface area contributed by atoms with E-state index in [1.807, 2.05) is 152 Å². The molecular formula is C52H60O12. The lowest BCUT2D eigenvalue weighted by Crippen LogP contribution is -2.64. The Bertz CT molecular complexity index is 2090. The molecule has 2 fully saturated rings. The van der Waals surface area contributed by atoms with Gasteiger partial charge in [-0.1, -0.05) is 152 Å². The minimum Gasteiger partial charge on any atom is -0.454 e. The Hall–Kier alpha value is -4.83. The van der Waals surface area contributed by atoms with Gasteiger partial charge in [0.05, 0.1) is 51.7 Å². The van der Waals surface area contributed by atoms with Crippen molar-refractivity contribution in [1.29, 1.82) is 0 Å². The second-order valence-electron chi connectivity index (χ2n) is 17.1. The van der Waals surface area contributed by atoms with E-state index in [9.17, 15) is 15.0 Å². The molecule has 2 heterocycles. The van der Waals surface area contributed by atoms with Gasteiger partial charge in [-0.3, -0.25) is 4.79 Å². The van der Waals surface area contributed by atoms with Crippen LogP contribution in [0.15, 0.2) is 152 Å². The summed E-state index contributed by atoms with van der Waals surface area (Å²) in [6.45, 7) is 6.11.